The van der Waals surface area contributed by atoms with Gasteiger partial charge in [-0.2, -0.15) is 0 Å². The van der Waals surface area contributed by atoms with Gasteiger partial charge in [-0.05, 0) is 35.9 Å². The summed E-state index contributed by atoms with van der Waals surface area (Å²) in [7, 11) is 0. The van der Waals surface area contributed by atoms with Gasteiger partial charge in [0.2, 0.25) is 0 Å². The van der Waals surface area contributed by atoms with E-state index in [1.807, 2.05) is 30.3 Å². The Morgan fingerprint density at radius 3 is 2.74 bits per heavy atom. The molecule has 0 aliphatic carbocycles. The molecule has 1 heterocycles. The van der Waals surface area contributed by atoms with Crippen molar-refractivity contribution in [2.75, 3.05) is 6.61 Å². The minimum atomic E-state index is -0.377. The minimum absolute atomic E-state index is 0.352. The molecule has 0 N–H and O–H groups in total. The van der Waals surface area contributed by atoms with Crippen molar-refractivity contribution in [3.63, 3.8) is 0 Å². The highest BCUT2D eigenvalue weighted by Gasteiger charge is 2.09. The number of nitrogens with zero attached hydrogens (tertiary/aromatic N) is 1. The van der Waals surface area contributed by atoms with E-state index in [1.54, 1.807) is 13.0 Å². The first-order valence-corrected chi connectivity index (χ1v) is 6.25. The highest BCUT2D eigenvalue weighted by Crippen LogP contribution is 2.24. The molecule has 94 valence electrons. The van der Waals surface area contributed by atoms with Gasteiger partial charge < -0.3 is 4.74 Å². The van der Waals surface area contributed by atoms with Crippen molar-refractivity contribution in [2.45, 2.75) is 6.92 Å². The molecule has 0 radical (unpaired) electrons. The van der Waals surface area contributed by atoms with Crippen LogP contribution in [0.5, 0.6) is 0 Å². The van der Waals surface area contributed by atoms with Crippen molar-refractivity contribution in [1.82, 2.24) is 4.98 Å². The van der Waals surface area contributed by atoms with Crippen molar-refractivity contribution >= 4 is 27.6 Å². The zero-order valence-corrected chi connectivity index (χ0v) is 10.6. The second-order valence-corrected chi connectivity index (χ2v) is 4.27. The minimum Gasteiger partial charge on any atom is -0.461 e. The summed E-state index contributed by atoms with van der Waals surface area (Å²) in [6.07, 6.45) is 0. The van der Waals surface area contributed by atoms with Crippen LogP contribution < -0.4 is 0 Å². The summed E-state index contributed by atoms with van der Waals surface area (Å²) >= 11 is 0. The summed E-state index contributed by atoms with van der Waals surface area (Å²) in [4.78, 5) is 16.0. The van der Waals surface area contributed by atoms with Gasteiger partial charge in [0.15, 0.2) is 0 Å². The smallest absolute Gasteiger partial charge is 0.356 e. The van der Waals surface area contributed by atoms with Gasteiger partial charge in [-0.15, -0.1) is 0 Å². The molecule has 0 fully saturated rings. The molecule has 0 atom stereocenters. The highest BCUT2D eigenvalue weighted by atomic mass is 16.5. The van der Waals surface area contributed by atoms with Crippen LogP contribution in [0.3, 0.4) is 0 Å². The molecule has 0 unspecified atom stereocenters. The van der Waals surface area contributed by atoms with Crippen LogP contribution >= 0.6 is 0 Å². The van der Waals surface area contributed by atoms with Gasteiger partial charge in [0.25, 0.3) is 0 Å². The van der Waals surface area contributed by atoms with Crippen LogP contribution in [-0.2, 0) is 4.74 Å². The summed E-state index contributed by atoms with van der Waals surface area (Å²) in [5.74, 6) is -0.377. The fraction of sp³-hybridized carbons (Fsp3) is 0.125. The van der Waals surface area contributed by atoms with Crippen LogP contribution in [0.15, 0.2) is 48.5 Å². The number of benzene rings is 2. The number of pyridine rings is 1. The molecule has 0 aliphatic rings. The SMILES string of the molecule is CCOC(=O)c1ccc2c(ccc3ccccc32)n1. The molecule has 19 heavy (non-hydrogen) atoms. The largest absolute Gasteiger partial charge is 0.461 e. The second-order valence-electron chi connectivity index (χ2n) is 4.27. The number of ether oxygens (including phenoxy) is 1. The van der Waals surface area contributed by atoms with Gasteiger partial charge >= 0.3 is 5.97 Å². The number of fused-ring (bicyclic) bond motifs is 3. The van der Waals surface area contributed by atoms with Crippen molar-refractivity contribution in [2.24, 2.45) is 0 Å². The summed E-state index contributed by atoms with van der Waals surface area (Å²) in [5, 5.41) is 3.36. The first-order valence-electron chi connectivity index (χ1n) is 6.25. The maximum absolute atomic E-state index is 11.7. The van der Waals surface area contributed by atoms with Crippen LogP contribution in [0, 0.1) is 0 Å². The standard InChI is InChI=1S/C16H13NO2/c1-2-19-16(18)15-10-8-13-12-6-4-3-5-11(12)7-9-14(13)17-15/h3-10H,2H2,1H3. The molecular formula is C16H13NO2. The van der Waals surface area contributed by atoms with Crippen molar-refractivity contribution < 1.29 is 9.53 Å². The third-order valence-corrected chi connectivity index (χ3v) is 3.08. The van der Waals surface area contributed by atoms with Gasteiger partial charge in [0.05, 0.1) is 12.1 Å². The van der Waals surface area contributed by atoms with E-state index in [2.05, 4.69) is 17.1 Å². The zero-order valence-electron chi connectivity index (χ0n) is 10.6. The van der Waals surface area contributed by atoms with E-state index in [-0.39, 0.29) is 5.97 Å². The monoisotopic (exact) mass is 251 g/mol. The average Bonchev–Trinajstić information content (AvgIpc) is 2.46. The summed E-state index contributed by atoms with van der Waals surface area (Å²) in [5.41, 5.74) is 1.16. The molecule has 0 aliphatic heterocycles. The van der Waals surface area contributed by atoms with Gasteiger partial charge in [-0.1, -0.05) is 30.3 Å². The Hall–Kier alpha value is -2.42. The quantitative estimate of drug-likeness (QED) is 0.516. The first kappa shape index (κ1) is 11.7. The third kappa shape index (κ3) is 2.03. The number of aromatic nitrogens is 1. The molecule has 0 saturated carbocycles. The first-order chi connectivity index (χ1) is 9.29. The molecule has 2 aromatic carbocycles. The van der Waals surface area contributed by atoms with Crippen LogP contribution in [0.2, 0.25) is 0 Å². The zero-order chi connectivity index (χ0) is 13.2. The Bertz CT molecular complexity index is 765. The van der Waals surface area contributed by atoms with E-state index in [4.69, 9.17) is 4.74 Å². The molecule has 0 saturated heterocycles. The van der Waals surface area contributed by atoms with Gasteiger partial charge in [0.1, 0.15) is 5.69 Å². The molecule has 3 rings (SSSR count). The van der Waals surface area contributed by atoms with Gasteiger partial charge in [-0.25, -0.2) is 9.78 Å². The van der Waals surface area contributed by atoms with Crippen LogP contribution in [0.4, 0.5) is 0 Å². The molecule has 0 spiro atoms. The number of carbonyl (C=O) groups is 1. The molecule has 3 nitrogen and oxygen atoms in total. The van der Waals surface area contributed by atoms with Crippen LogP contribution in [0.25, 0.3) is 21.7 Å². The average molecular weight is 251 g/mol. The Balaban J connectivity index is 2.20. The fourth-order valence-corrected chi connectivity index (χ4v) is 2.20. The predicted molar refractivity (Wildman–Crippen MR) is 75.2 cm³/mol. The lowest BCUT2D eigenvalue weighted by Gasteiger charge is -2.05. The lowest BCUT2D eigenvalue weighted by Crippen LogP contribution is -2.06. The van der Waals surface area contributed by atoms with E-state index in [0.29, 0.717) is 12.3 Å². The number of rotatable bonds is 2. The lowest BCUT2D eigenvalue weighted by molar-refractivity contribution is 0.0520. The Morgan fingerprint density at radius 1 is 1.05 bits per heavy atom. The van der Waals surface area contributed by atoms with Gasteiger partial charge in [0, 0.05) is 5.39 Å². The van der Waals surface area contributed by atoms with E-state index in [0.717, 1.165) is 16.3 Å². The van der Waals surface area contributed by atoms with Gasteiger partial charge in [-0.3, -0.25) is 0 Å². The highest BCUT2D eigenvalue weighted by molar-refractivity contribution is 6.06. The van der Waals surface area contributed by atoms with E-state index < -0.39 is 0 Å². The Kier molecular flexibility index (Phi) is 2.88. The third-order valence-electron chi connectivity index (χ3n) is 3.08. The molecule has 3 heteroatoms. The molecule has 1 aromatic heterocycles. The molecular weight excluding hydrogens is 238 g/mol. The van der Waals surface area contributed by atoms with Crippen LogP contribution in [-0.4, -0.2) is 17.6 Å². The number of hydrogen-bond donors (Lipinski definition) is 0. The number of carbonyl (C=O) groups excluding carboxylic acids is 1. The fourth-order valence-electron chi connectivity index (χ4n) is 2.20. The molecule has 0 bridgehead atoms. The summed E-state index contributed by atoms with van der Waals surface area (Å²) in [6.45, 7) is 2.14. The predicted octanol–water partition coefficient (Wildman–Crippen LogP) is 3.56. The van der Waals surface area contributed by atoms with E-state index in [9.17, 15) is 4.79 Å². The topological polar surface area (TPSA) is 39.2 Å². The number of hydrogen-bond acceptors (Lipinski definition) is 3. The van der Waals surface area contributed by atoms with Crippen molar-refractivity contribution in [3.05, 3.63) is 54.2 Å². The lowest BCUT2D eigenvalue weighted by atomic mass is 10.1. The normalized spacial score (nSPS) is 10.8. The van der Waals surface area contributed by atoms with Crippen molar-refractivity contribution in [1.29, 1.82) is 0 Å². The van der Waals surface area contributed by atoms with Crippen molar-refractivity contribution in [3.8, 4) is 0 Å². The van der Waals surface area contributed by atoms with E-state index >= 15 is 0 Å². The second kappa shape index (κ2) is 4.69. The Morgan fingerprint density at radius 2 is 1.89 bits per heavy atom. The Labute approximate surface area is 110 Å². The maximum atomic E-state index is 11.7. The maximum Gasteiger partial charge on any atom is 0.356 e. The number of esters is 1. The van der Waals surface area contributed by atoms with E-state index in [1.165, 1.54) is 5.39 Å². The molecule has 0 amide bonds. The summed E-state index contributed by atoms with van der Waals surface area (Å²) < 4.78 is 4.96. The van der Waals surface area contributed by atoms with Crippen LogP contribution in [0.1, 0.15) is 17.4 Å². The molecule has 3 aromatic rings. The summed E-state index contributed by atoms with van der Waals surface area (Å²) in [6, 6.07) is 15.7.